The molecule has 0 aliphatic rings. The van der Waals surface area contributed by atoms with Gasteiger partial charge in [-0.2, -0.15) is 0 Å². The van der Waals surface area contributed by atoms with Crippen molar-refractivity contribution in [3.05, 3.63) is 0 Å². The van der Waals surface area contributed by atoms with E-state index < -0.39 is 0 Å². The Morgan fingerprint density at radius 3 is 2.17 bits per heavy atom. The van der Waals surface area contributed by atoms with Crippen molar-refractivity contribution in [2.24, 2.45) is 5.92 Å². The monoisotopic (exact) mass is 173 g/mol. The number of nitrogens with zero attached hydrogens (tertiary/aromatic N) is 1. The molecule has 1 unspecified atom stereocenters. The van der Waals surface area contributed by atoms with Crippen molar-refractivity contribution < 1.29 is 5.11 Å². The summed E-state index contributed by atoms with van der Waals surface area (Å²) in [4.78, 5) is 2.36. The molecular formula is C10H23NO. The highest BCUT2D eigenvalue weighted by atomic mass is 16.2. The third-order valence-electron chi connectivity index (χ3n) is 2.58. The Kier molecular flexibility index (Phi) is 6.39. The highest BCUT2D eigenvalue weighted by Crippen LogP contribution is 2.08. The molecule has 1 atom stereocenters. The molecule has 0 heterocycles. The third kappa shape index (κ3) is 4.73. The Morgan fingerprint density at radius 2 is 1.75 bits per heavy atom. The lowest BCUT2D eigenvalue weighted by atomic mass is 10.1. The van der Waals surface area contributed by atoms with Gasteiger partial charge in [0.25, 0.3) is 0 Å². The minimum Gasteiger partial charge on any atom is -0.396 e. The maximum Gasteiger partial charge on any atom is 0.0431 e. The molecule has 2 nitrogen and oxygen atoms in total. The van der Waals surface area contributed by atoms with Gasteiger partial charge in [0.2, 0.25) is 0 Å². The first kappa shape index (κ1) is 11.9. The predicted molar refractivity (Wildman–Crippen MR) is 53.2 cm³/mol. The zero-order valence-electron chi connectivity index (χ0n) is 8.88. The van der Waals surface area contributed by atoms with Gasteiger partial charge in [-0.25, -0.2) is 0 Å². The summed E-state index contributed by atoms with van der Waals surface area (Å²) in [5.41, 5.74) is 0. The van der Waals surface area contributed by atoms with Gasteiger partial charge in [-0.15, -0.1) is 0 Å². The molecule has 2 heteroatoms. The van der Waals surface area contributed by atoms with Gasteiger partial charge in [-0.1, -0.05) is 13.8 Å². The SMILES string of the molecule is CC(C)C(C)N(C)CCCCO. The number of aliphatic hydroxyl groups is 1. The molecular weight excluding hydrogens is 150 g/mol. The molecule has 74 valence electrons. The molecule has 12 heavy (non-hydrogen) atoms. The van der Waals surface area contributed by atoms with Crippen LogP contribution in [0.3, 0.4) is 0 Å². The van der Waals surface area contributed by atoms with E-state index in [0.29, 0.717) is 18.6 Å². The standard InChI is InChI=1S/C10H23NO/c1-9(2)10(3)11(4)7-5-6-8-12/h9-10,12H,5-8H2,1-4H3. The Morgan fingerprint density at radius 1 is 1.17 bits per heavy atom. The van der Waals surface area contributed by atoms with Crippen LogP contribution in [0.25, 0.3) is 0 Å². The number of hydrogen-bond donors (Lipinski definition) is 1. The summed E-state index contributed by atoms with van der Waals surface area (Å²) in [5.74, 6) is 0.712. The zero-order chi connectivity index (χ0) is 9.56. The van der Waals surface area contributed by atoms with Crippen LogP contribution >= 0.6 is 0 Å². The van der Waals surface area contributed by atoms with Crippen LogP contribution in [0.15, 0.2) is 0 Å². The number of unbranched alkanes of at least 4 members (excludes halogenated alkanes) is 1. The first-order chi connectivity index (χ1) is 5.59. The molecule has 0 aromatic carbocycles. The molecule has 0 saturated heterocycles. The fourth-order valence-electron chi connectivity index (χ4n) is 1.19. The van der Waals surface area contributed by atoms with Crippen molar-refractivity contribution in [2.75, 3.05) is 20.2 Å². The van der Waals surface area contributed by atoms with Crippen molar-refractivity contribution in [1.82, 2.24) is 4.90 Å². The molecule has 0 spiro atoms. The van der Waals surface area contributed by atoms with Gasteiger partial charge in [0.15, 0.2) is 0 Å². The van der Waals surface area contributed by atoms with E-state index in [-0.39, 0.29) is 0 Å². The van der Waals surface area contributed by atoms with Crippen LogP contribution in [-0.4, -0.2) is 36.2 Å². The van der Waals surface area contributed by atoms with Crippen LogP contribution in [0.4, 0.5) is 0 Å². The summed E-state index contributed by atoms with van der Waals surface area (Å²) in [6.07, 6.45) is 2.03. The van der Waals surface area contributed by atoms with E-state index in [9.17, 15) is 0 Å². The summed E-state index contributed by atoms with van der Waals surface area (Å²) >= 11 is 0. The van der Waals surface area contributed by atoms with Crippen LogP contribution in [0, 0.1) is 5.92 Å². The van der Waals surface area contributed by atoms with E-state index in [2.05, 4.69) is 32.7 Å². The van der Waals surface area contributed by atoms with Crippen molar-refractivity contribution in [1.29, 1.82) is 0 Å². The van der Waals surface area contributed by atoms with E-state index in [1.165, 1.54) is 0 Å². The summed E-state index contributed by atoms with van der Waals surface area (Å²) < 4.78 is 0. The van der Waals surface area contributed by atoms with Gasteiger partial charge in [0.05, 0.1) is 0 Å². The summed E-state index contributed by atoms with van der Waals surface area (Å²) in [7, 11) is 2.15. The maximum absolute atomic E-state index is 8.61. The average Bonchev–Trinajstić information content (AvgIpc) is 2.03. The fourth-order valence-corrected chi connectivity index (χ4v) is 1.19. The highest BCUT2D eigenvalue weighted by molar-refractivity contribution is 4.66. The van der Waals surface area contributed by atoms with Gasteiger partial charge in [-0.05, 0) is 39.3 Å². The molecule has 1 N–H and O–H groups in total. The summed E-state index contributed by atoms with van der Waals surface area (Å²) in [6, 6.07) is 0.642. The van der Waals surface area contributed by atoms with Crippen LogP contribution < -0.4 is 0 Å². The predicted octanol–water partition coefficient (Wildman–Crippen LogP) is 1.74. The highest BCUT2D eigenvalue weighted by Gasteiger charge is 2.11. The Bertz CT molecular complexity index is 104. The van der Waals surface area contributed by atoms with Crippen molar-refractivity contribution in [3.63, 3.8) is 0 Å². The van der Waals surface area contributed by atoms with E-state index in [1.54, 1.807) is 0 Å². The largest absolute Gasteiger partial charge is 0.396 e. The zero-order valence-corrected chi connectivity index (χ0v) is 8.88. The van der Waals surface area contributed by atoms with Crippen LogP contribution in [-0.2, 0) is 0 Å². The molecule has 0 radical (unpaired) electrons. The molecule has 0 aliphatic carbocycles. The lowest BCUT2D eigenvalue weighted by Gasteiger charge is -2.27. The second-order valence-electron chi connectivity index (χ2n) is 3.90. The molecule has 0 aliphatic heterocycles. The topological polar surface area (TPSA) is 23.5 Å². The molecule has 0 aromatic rings. The van der Waals surface area contributed by atoms with Gasteiger partial charge >= 0.3 is 0 Å². The fraction of sp³-hybridized carbons (Fsp3) is 1.00. The minimum absolute atomic E-state index is 0.323. The van der Waals surface area contributed by atoms with Gasteiger partial charge < -0.3 is 10.0 Å². The van der Waals surface area contributed by atoms with E-state index in [4.69, 9.17) is 5.11 Å². The van der Waals surface area contributed by atoms with Gasteiger partial charge in [0, 0.05) is 12.6 Å². The van der Waals surface area contributed by atoms with Crippen molar-refractivity contribution in [2.45, 2.75) is 39.7 Å². The normalized spacial score (nSPS) is 14.2. The number of rotatable bonds is 6. The van der Waals surface area contributed by atoms with Crippen LogP contribution in [0.2, 0.25) is 0 Å². The maximum atomic E-state index is 8.61. The Balaban J connectivity index is 3.49. The number of aliphatic hydroxyl groups excluding tert-OH is 1. The second-order valence-corrected chi connectivity index (χ2v) is 3.90. The van der Waals surface area contributed by atoms with Gasteiger partial charge in [-0.3, -0.25) is 0 Å². The lowest BCUT2D eigenvalue weighted by Crippen LogP contribution is -2.33. The third-order valence-corrected chi connectivity index (χ3v) is 2.58. The minimum atomic E-state index is 0.323. The first-order valence-corrected chi connectivity index (χ1v) is 4.90. The Labute approximate surface area is 76.6 Å². The quantitative estimate of drug-likeness (QED) is 0.618. The van der Waals surface area contributed by atoms with Crippen LogP contribution in [0.1, 0.15) is 33.6 Å². The molecule has 0 amide bonds. The van der Waals surface area contributed by atoms with Crippen LogP contribution in [0.5, 0.6) is 0 Å². The summed E-state index contributed by atoms with van der Waals surface area (Å²) in [6.45, 7) is 8.16. The first-order valence-electron chi connectivity index (χ1n) is 4.90. The van der Waals surface area contributed by atoms with E-state index in [0.717, 1.165) is 19.4 Å². The smallest absolute Gasteiger partial charge is 0.0431 e. The molecule has 0 rings (SSSR count). The number of hydrogen-bond acceptors (Lipinski definition) is 2. The molecule has 0 bridgehead atoms. The average molecular weight is 173 g/mol. The van der Waals surface area contributed by atoms with E-state index in [1.807, 2.05) is 0 Å². The van der Waals surface area contributed by atoms with Crippen molar-refractivity contribution >= 4 is 0 Å². The molecule has 0 fully saturated rings. The van der Waals surface area contributed by atoms with Gasteiger partial charge in [0.1, 0.15) is 0 Å². The summed E-state index contributed by atoms with van der Waals surface area (Å²) in [5, 5.41) is 8.61. The molecule has 0 aromatic heterocycles. The lowest BCUT2D eigenvalue weighted by molar-refractivity contribution is 0.196. The van der Waals surface area contributed by atoms with Crippen molar-refractivity contribution in [3.8, 4) is 0 Å². The molecule has 0 saturated carbocycles. The second kappa shape index (κ2) is 6.44. The Hall–Kier alpha value is -0.0800. The van der Waals surface area contributed by atoms with E-state index >= 15 is 0 Å².